The highest BCUT2D eigenvalue weighted by molar-refractivity contribution is 5.95. The summed E-state index contributed by atoms with van der Waals surface area (Å²) in [4.78, 5) is 32.8. The molecule has 1 aliphatic rings. The molecule has 1 fully saturated rings. The van der Waals surface area contributed by atoms with Gasteiger partial charge in [-0.25, -0.2) is 4.79 Å². The molecular formula is C8H12N2O3. The second-order valence-electron chi connectivity index (χ2n) is 3.10. The smallest absolute Gasteiger partial charge is 0.321 e. The molecule has 1 aliphatic heterocycles. The Bertz CT molecular complexity index is 232. The highest BCUT2D eigenvalue weighted by atomic mass is 16.2. The van der Waals surface area contributed by atoms with Crippen LogP contribution in [0.3, 0.4) is 0 Å². The average Bonchev–Trinajstić information content (AvgIpc) is 2.00. The number of carbonyl (C=O) groups is 3. The third-order valence-electron chi connectivity index (χ3n) is 2.06. The molecule has 1 atom stereocenters. The lowest BCUT2D eigenvalue weighted by Crippen LogP contribution is -2.45. The minimum atomic E-state index is -0.518. The Morgan fingerprint density at radius 1 is 1.46 bits per heavy atom. The molecule has 5 nitrogen and oxygen atoms in total. The van der Waals surface area contributed by atoms with Crippen LogP contribution in [0.4, 0.5) is 4.79 Å². The molecular weight excluding hydrogens is 172 g/mol. The van der Waals surface area contributed by atoms with E-state index in [1.807, 2.05) is 0 Å². The molecule has 72 valence electrons. The predicted molar refractivity (Wildman–Crippen MR) is 44.9 cm³/mol. The van der Waals surface area contributed by atoms with Crippen LogP contribution in [0.15, 0.2) is 0 Å². The van der Waals surface area contributed by atoms with Crippen LogP contribution in [0.2, 0.25) is 0 Å². The van der Waals surface area contributed by atoms with Crippen molar-refractivity contribution in [1.82, 2.24) is 10.6 Å². The van der Waals surface area contributed by atoms with E-state index in [2.05, 4.69) is 10.6 Å². The van der Waals surface area contributed by atoms with Crippen molar-refractivity contribution >= 4 is 17.7 Å². The van der Waals surface area contributed by atoms with Gasteiger partial charge in [-0.2, -0.15) is 0 Å². The van der Waals surface area contributed by atoms with Gasteiger partial charge in [0.15, 0.2) is 0 Å². The minimum absolute atomic E-state index is 0.00926. The van der Waals surface area contributed by atoms with Crippen LogP contribution in [-0.2, 0) is 9.59 Å². The van der Waals surface area contributed by atoms with Crippen LogP contribution in [-0.4, -0.2) is 24.3 Å². The Morgan fingerprint density at radius 3 is 2.77 bits per heavy atom. The zero-order valence-electron chi connectivity index (χ0n) is 7.42. The number of rotatable bonds is 1. The summed E-state index contributed by atoms with van der Waals surface area (Å²) in [5.41, 5.74) is 0. The van der Waals surface area contributed by atoms with Crippen molar-refractivity contribution in [2.24, 2.45) is 5.92 Å². The van der Waals surface area contributed by atoms with Crippen LogP contribution in [0, 0.1) is 5.92 Å². The molecule has 3 amide bonds. The van der Waals surface area contributed by atoms with Crippen molar-refractivity contribution in [3.05, 3.63) is 0 Å². The summed E-state index contributed by atoms with van der Waals surface area (Å²) in [6, 6.07) is -0.518. The van der Waals surface area contributed by atoms with Crippen molar-refractivity contribution in [2.45, 2.75) is 19.8 Å². The van der Waals surface area contributed by atoms with Gasteiger partial charge in [0, 0.05) is 18.9 Å². The largest absolute Gasteiger partial charge is 0.337 e. The van der Waals surface area contributed by atoms with E-state index in [9.17, 15) is 14.4 Å². The van der Waals surface area contributed by atoms with Crippen LogP contribution < -0.4 is 10.6 Å². The van der Waals surface area contributed by atoms with Crippen molar-refractivity contribution in [3.63, 3.8) is 0 Å². The molecule has 0 aliphatic carbocycles. The summed E-state index contributed by atoms with van der Waals surface area (Å²) in [6.45, 7) is 1.78. The summed E-state index contributed by atoms with van der Waals surface area (Å²) >= 11 is 0. The molecule has 0 aromatic heterocycles. The van der Waals surface area contributed by atoms with E-state index in [-0.39, 0.29) is 24.0 Å². The normalized spacial score (nSPS) is 23.9. The van der Waals surface area contributed by atoms with Gasteiger partial charge in [0.05, 0.1) is 0 Å². The maximum atomic E-state index is 11.0. The SMILES string of the molecule is CC(=O)[C@@H]1CCC(=O)NC(=O)NC1. The number of hydrogen-bond acceptors (Lipinski definition) is 3. The number of amides is 3. The maximum Gasteiger partial charge on any atom is 0.321 e. The summed E-state index contributed by atoms with van der Waals surface area (Å²) < 4.78 is 0. The molecule has 13 heavy (non-hydrogen) atoms. The molecule has 0 unspecified atom stereocenters. The number of urea groups is 1. The predicted octanol–water partition coefficient (Wildman–Crippen LogP) is -0.189. The molecule has 0 aromatic carbocycles. The molecule has 5 heteroatoms. The number of Topliss-reactive ketones (excluding diaryl/α,β-unsaturated/α-hetero) is 1. The summed E-state index contributed by atoms with van der Waals surface area (Å²) in [5.74, 6) is -0.548. The first-order valence-electron chi connectivity index (χ1n) is 4.17. The Labute approximate surface area is 75.9 Å². The van der Waals surface area contributed by atoms with E-state index in [0.29, 0.717) is 13.0 Å². The average molecular weight is 184 g/mol. The highest BCUT2D eigenvalue weighted by Gasteiger charge is 2.20. The zero-order chi connectivity index (χ0) is 9.84. The molecule has 0 spiro atoms. The lowest BCUT2D eigenvalue weighted by Gasteiger charge is -2.17. The molecule has 0 bridgehead atoms. The van der Waals surface area contributed by atoms with Gasteiger partial charge in [0.25, 0.3) is 0 Å². The number of imide groups is 1. The Kier molecular flexibility index (Phi) is 3.00. The van der Waals surface area contributed by atoms with E-state index in [1.165, 1.54) is 6.92 Å². The topological polar surface area (TPSA) is 75.3 Å². The standard InChI is InChI=1S/C8H12N2O3/c1-5(11)6-2-3-7(12)10-8(13)9-4-6/h6H,2-4H2,1H3,(H2,9,10,12,13)/t6-/m1/s1. The summed E-state index contributed by atoms with van der Waals surface area (Å²) in [5, 5.41) is 4.60. The molecule has 0 radical (unpaired) electrons. The van der Waals surface area contributed by atoms with Gasteiger partial charge < -0.3 is 5.32 Å². The quantitative estimate of drug-likeness (QED) is 0.593. The maximum absolute atomic E-state index is 11.0. The van der Waals surface area contributed by atoms with Crippen molar-refractivity contribution in [3.8, 4) is 0 Å². The molecule has 0 aromatic rings. The Morgan fingerprint density at radius 2 is 2.15 bits per heavy atom. The Hall–Kier alpha value is -1.39. The van der Waals surface area contributed by atoms with Gasteiger partial charge in [-0.3, -0.25) is 14.9 Å². The van der Waals surface area contributed by atoms with E-state index in [1.54, 1.807) is 0 Å². The second-order valence-corrected chi connectivity index (χ2v) is 3.10. The first-order chi connectivity index (χ1) is 6.09. The highest BCUT2D eigenvalue weighted by Crippen LogP contribution is 2.08. The third kappa shape index (κ3) is 2.85. The van der Waals surface area contributed by atoms with Gasteiger partial charge in [-0.15, -0.1) is 0 Å². The van der Waals surface area contributed by atoms with E-state index in [4.69, 9.17) is 0 Å². The minimum Gasteiger partial charge on any atom is -0.337 e. The monoisotopic (exact) mass is 184 g/mol. The fraction of sp³-hybridized carbons (Fsp3) is 0.625. The van der Waals surface area contributed by atoms with Crippen LogP contribution >= 0.6 is 0 Å². The number of nitrogens with one attached hydrogen (secondary N) is 2. The van der Waals surface area contributed by atoms with Gasteiger partial charge in [0.1, 0.15) is 5.78 Å². The zero-order valence-corrected chi connectivity index (χ0v) is 7.42. The molecule has 1 heterocycles. The number of hydrogen-bond donors (Lipinski definition) is 2. The molecule has 1 rings (SSSR count). The number of carbonyl (C=O) groups excluding carboxylic acids is 3. The van der Waals surface area contributed by atoms with Crippen LogP contribution in [0.25, 0.3) is 0 Å². The van der Waals surface area contributed by atoms with Gasteiger partial charge >= 0.3 is 6.03 Å². The third-order valence-corrected chi connectivity index (χ3v) is 2.06. The van der Waals surface area contributed by atoms with Crippen LogP contribution in [0.1, 0.15) is 19.8 Å². The van der Waals surface area contributed by atoms with E-state index < -0.39 is 6.03 Å². The fourth-order valence-electron chi connectivity index (χ4n) is 1.20. The first-order valence-corrected chi connectivity index (χ1v) is 4.17. The van der Waals surface area contributed by atoms with Crippen LogP contribution in [0.5, 0.6) is 0 Å². The molecule has 0 saturated carbocycles. The van der Waals surface area contributed by atoms with Gasteiger partial charge in [-0.1, -0.05) is 0 Å². The van der Waals surface area contributed by atoms with Gasteiger partial charge in [-0.05, 0) is 13.3 Å². The first kappa shape index (κ1) is 9.70. The lowest BCUT2D eigenvalue weighted by molar-refractivity contribution is -0.122. The number of ketones is 1. The second kappa shape index (κ2) is 4.02. The van der Waals surface area contributed by atoms with E-state index in [0.717, 1.165) is 0 Å². The fourth-order valence-corrected chi connectivity index (χ4v) is 1.20. The van der Waals surface area contributed by atoms with Crippen molar-refractivity contribution in [2.75, 3.05) is 6.54 Å². The molecule has 1 saturated heterocycles. The lowest BCUT2D eigenvalue weighted by atomic mass is 9.98. The van der Waals surface area contributed by atoms with Crippen molar-refractivity contribution < 1.29 is 14.4 Å². The van der Waals surface area contributed by atoms with Crippen molar-refractivity contribution in [1.29, 1.82) is 0 Å². The summed E-state index contributed by atoms with van der Waals surface area (Å²) in [7, 11) is 0. The Balaban J connectivity index is 2.58. The van der Waals surface area contributed by atoms with E-state index >= 15 is 0 Å². The summed E-state index contributed by atoms with van der Waals surface area (Å²) in [6.07, 6.45) is 0.735. The van der Waals surface area contributed by atoms with Gasteiger partial charge in [0.2, 0.25) is 5.91 Å². The molecule has 2 N–H and O–H groups in total.